The molecule has 2 heterocycles. The van der Waals surface area contributed by atoms with Crippen molar-refractivity contribution in [2.24, 2.45) is 0 Å². The average Bonchev–Trinajstić information content (AvgIpc) is 2.95. The second kappa shape index (κ2) is 7.95. The van der Waals surface area contributed by atoms with Crippen molar-refractivity contribution < 1.29 is 4.74 Å². The average molecular weight is 315 g/mol. The van der Waals surface area contributed by atoms with Crippen LogP contribution in [0.15, 0.2) is 30.5 Å². The molecule has 1 N–H and O–H groups in total. The summed E-state index contributed by atoms with van der Waals surface area (Å²) < 4.78 is 7.76. The van der Waals surface area contributed by atoms with E-state index in [-0.39, 0.29) is 0 Å². The Labute approximate surface area is 139 Å². The van der Waals surface area contributed by atoms with E-state index in [0.29, 0.717) is 6.04 Å². The third-order valence-electron chi connectivity index (χ3n) is 4.63. The third kappa shape index (κ3) is 4.14. The predicted molar refractivity (Wildman–Crippen MR) is 95.9 cm³/mol. The molecule has 1 aliphatic heterocycles. The maximum absolute atomic E-state index is 5.39. The molecule has 0 bridgehead atoms. The van der Waals surface area contributed by atoms with Gasteiger partial charge in [0.1, 0.15) is 0 Å². The lowest BCUT2D eigenvalue weighted by molar-refractivity contribution is 0.0374. The zero-order chi connectivity index (χ0) is 16.1. The van der Waals surface area contributed by atoms with E-state index in [4.69, 9.17) is 4.74 Å². The molecule has 2 aromatic rings. The van der Waals surface area contributed by atoms with Crippen LogP contribution < -0.4 is 5.32 Å². The molecule has 0 aliphatic carbocycles. The van der Waals surface area contributed by atoms with Gasteiger partial charge in [-0.1, -0.05) is 18.2 Å². The number of rotatable bonds is 7. The van der Waals surface area contributed by atoms with Crippen molar-refractivity contribution in [3.05, 3.63) is 36.0 Å². The normalized spacial score (nSPS) is 16.5. The number of ether oxygens (including phenoxy) is 1. The first kappa shape index (κ1) is 16.5. The maximum Gasteiger partial charge on any atom is 0.0594 e. The fourth-order valence-electron chi connectivity index (χ4n) is 3.32. The minimum Gasteiger partial charge on any atom is -0.379 e. The van der Waals surface area contributed by atoms with Gasteiger partial charge in [0.2, 0.25) is 0 Å². The summed E-state index contributed by atoms with van der Waals surface area (Å²) in [5, 5.41) is 4.99. The Morgan fingerprint density at radius 1 is 1.17 bits per heavy atom. The van der Waals surface area contributed by atoms with Crippen LogP contribution in [0.25, 0.3) is 10.9 Å². The Bertz CT molecular complexity index is 614. The van der Waals surface area contributed by atoms with E-state index < -0.39 is 0 Å². The van der Waals surface area contributed by atoms with Crippen LogP contribution in [0.4, 0.5) is 0 Å². The monoisotopic (exact) mass is 315 g/mol. The summed E-state index contributed by atoms with van der Waals surface area (Å²) in [5.74, 6) is 0. The third-order valence-corrected chi connectivity index (χ3v) is 4.63. The van der Waals surface area contributed by atoms with E-state index in [1.54, 1.807) is 0 Å². The smallest absolute Gasteiger partial charge is 0.0594 e. The van der Waals surface area contributed by atoms with Gasteiger partial charge in [-0.25, -0.2) is 0 Å². The van der Waals surface area contributed by atoms with Crippen LogP contribution in [0.2, 0.25) is 0 Å². The summed E-state index contributed by atoms with van der Waals surface area (Å²) in [7, 11) is 0. The molecule has 0 spiro atoms. The van der Waals surface area contributed by atoms with E-state index in [1.807, 2.05) is 0 Å². The van der Waals surface area contributed by atoms with Gasteiger partial charge in [0.15, 0.2) is 0 Å². The number of aromatic nitrogens is 1. The number of hydrogen-bond acceptors (Lipinski definition) is 3. The minimum atomic E-state index is 0.495. The summed E-state index contributed by atoms with van der Waals surface area (Å²) in [6, 6.07) is 9.21. The highest BCUT2D eigenvalue weighted by atomic mass is 16.5. The molecule has 4 heteroatoms. The number of nitrogens with zero attached hydrogens (tertiary/aromatic N) is 2. The van der Waals surface area contributed by atoms with Crippen molar-refractivity contribution in [3.63, 3.8) is 0 Å². The highest BCUT2D eigenvalue weighted by Gasteiger charge is 2.11. The van der Waals surface area contributed by atoms with E-state index >= 15 is 0 Å². The zero-order valence-corrected chi connectivity index (χ0v) is 14.4. The Hall–Kier alpha value is -1.36. The number of fused-ring (bicyclic) bond motifs is 1. The Morgan fingerprint density at radius 2 is 1.96 bits per heavy atom. The Balaban J connectivity index is 1.51. The summed E-state index contributed by atoms with van der Waals surface area (Å²) in [4.78, 5) is 2.50. The lowest BCUT2D eigenvalue weighted by atomic mass is 10.2. The molecule has 1 saturated heterocycles. The van der Waals surface area contributed by atoms with Crippen LogP contribution in [0.1, 0.15) is 31.9 Å². The van der Waals surface area contributed by atoms with Gasteiger partial charge in [0.25, 0.3) is 0 Å². The van der Waals surface area contributed by atoms with Gasteiger partial charge in [-0.2, -0.15) is 0 Å². The van der Waals surface area contributed by atoms with E-state index in [0.717, 1.165) is 39.4 Å². The second-order valence-electron chi connectivity index (χ2n) is 6.66. The molecular formula is C19H29N3O. The van der Waals surface area contributed by atoms with Gasteiger partial charge < -0.3 is 14.6 Å². The van der Waals surface area contributed by atoms with Gasteiger partial charge >= 0.3 is 0 Å². The van der Waals surface area contributed by atoms with Crippen molar-refractivity contribution in [3.8, 4) is 0 Å². The van der Waals surface area contributed by atoms with Crippen LogP contribution in [0.3, 0.4) is 0 Å². The van der Waals surface area contributed by atoms with Crippen molar-refractivity contribution in [1.29, 1.82) is 0 Å². The standard InChI is InChI=1S/C19H29N3O/c1-16(2)22-15-17(18-6-3-4-7-19(18)22)14-20-8-5-9-21-10-12-23-13-11-21/h3-4,6-7,15-16,20H,5,8-14H2,1-2H3. The van der Waals surface area contributed by atoms with Crippen LogP contribution >= 0.6 is 0 Å². The predicted octanol–water partition coefficient (Wildman–Crippen LogP) is 3.03. The lowest BCUT2D eigenvalue weighted by Gasteiger charge is -2.26. The van der Waals surface area contributed by atoms with Crippen LogP contribution in [-0.2, 0) is 11.3 Å². The molecule has 0 saturated carbocycles. The van der Waals surface area contributed by atoms with Crippen LogP contribution in [-0.4, -0.2) is 48.9 Å². The molecule has 0 atom stereocenters. The first-order valence-electron chi connectivity index (χ1n) is 8.85. The molecule has 1 fully saturated rings. The second-order valence-corrected chi connectivity index (χ2v) is 6.66. The number of nitrogens with one attached hydrogen (secondary N) is 1. The van der Waals surface area contributed by atoms with E-state index in [9.17, 15) is 0 Å². The topological polar surface area (TPSA) is 29.4 Å². The molecule has 1 aliphatic rings. The largest absolute Gasteiger partial charge is 0.379 e. The van der Waals surface area contributed by atoms with Crippen molar-refractivity contribution in [2.75, 3.05) is 39.4 Å². The number of morpholine rings is 1. The quantitative estimate of drug-likeness (QED) is 0.797. The molecule has 4 nitrogen and oxygen atoms in total. The van der Waals surface area contributed by atoms with Gasteiger partial charge in [-0.3, -0.25) is 4.90 Å². The molecule has 0 amide bonds. The summed E-state index contributed by atoms with van der Waals surface area (Å²) >= 11 is 0. The molecule has 0 radical (unpaired) electrons. The fourth-order valence-corrected chi connectivity index (χ4v) is 3.32. The zero-order valence-electron chi connectivity index (χ0n) is 14.4. The molecule has 3 rings (SSSR count). The van der Waals surface area contributed by atoms with Gasteiger partial charge in [0, 0.05) is 42.8 Å². The maximum atomic E-state index is 5.39. The molecule has 23 heavy (non-hydrogen) atoms. The minimum absolute atomic E-state index is 0.495. The fraction of sp³-hybridized carbons (Fsp3) is 0.579. The van der Waals surface area contributed by atoms with Crippen LogP contribution in [0.5, 0.6) is 0 Å². The lowest BCUT2D eigenvalue weighted by Crippen LogP contribution is -2.37. The highest BCUT2D eigenvalue weighted by molar-refractivity contribution is 5.84. The molecule has 126 valence electrons. The molecule has 0 unspecified atom stereocenters. The van der Waals surface area contributed by atoms with E-state index in [2.05, 4.69) is 59.1 Å². The van der Waals surface area contributed by atoms with Gasteiger partial charge in [-0.05, 0) is 45.0 Å². The summed E-state index contributed by atoms with van der Waals surface area (Å²) in [6.07, 6.45) is 3.51. The van der Waals surface area contributed by atoms with Crippen molar-refractivity contribution in [2.45, 2.75) is 32.9 Å². The first-order valence-corrected chi connectivity index (χ1v) is 8.85. The number of benzene rings is 1. The number of hydrogen-bond donors (Lipinski definition) is 1. The van der Waals surface area contributed by atoms with Crippen LogP contribution in [0, 0.1) is 0 Å². The van der Waals surface area contributed by atoms with E-state index in [1.165, 1.54) is 29.4 Å². The Morgan fingerprint density at radius 3 is 2.74 bits per heavy atom. The molecular weight excluding hydrogens is 286 g/mol. The molecule has 1 aromatic heterocycles. The first-order chi connectivity index (χ1) is 11.3. The van der Waals surface area contributed by atoms with Gasteiger partial charge in [0.05, 0.1) is 13.2 Å². The SMILES string of the molecule is CC(C)n1cc(CNCCCN2CCOCC2)c2ccccc21. The summed E-state index contributed by atoms with van der Waals surface area (Å²) in [5.41, 5.74) is 2.74. The summed E-state index contributed by atoms with van der Waals surface area (Å²) in [6.45, 7) is 11.6. The Kier molecular flexibility index (Phi) is 5.70. The van der Waals surface area contributed by atoms with Crippen molar-refractivity contribution >= 4 is 10.9 Å². The molecule has 1 aromatic carbocycles. The number of para-hydroxylation sites is 1. The highest BCUT2D eigenvalue weighted by Crippen LogP contribution is 2.24. The van der Waals surface area contributed by atoms with Crippen molar-refractivity contribution in [1.82, 2.24) is 14.8 Å². The van der Waals surface area contributed by atoms with Gasteiger partial charge in [-0.15, -0.1) is 0 Å².